The summed E-state index contributed by atoms with van der Waals surface area (Å²) in [6.07, 6.45) is 4.41. The average molecular weight is 496 g/mol. The quantitative estimate of drug-likeness (QED) is 0.396. The number of anilines is 2. The van der Waals surface area contributed by atoms with Gasteiger partial charge >= 0.3 is 0 Å². The second-order valence-corrected chi connectivity index (χ2v) is 9.38. The molecule has 0 unspecified atom stereocenters. The Morgan fingerprint density at radius 2 is 1.76 bits per heavy atom. The summed E-state index contributed by atoms with van der Waals surface area (Å²) < 4.78 is 17.1. The minimum Gasteiger partial charge on any atom is -0.341 e. The number of rotatable bonds is 5. The minimum atomic E-state index is -0.348. The van der Waals surface area contributed by atoms with Crippen molar-refractivity contribution in [3.8, 4) is 11.3 Å². The van der Waals surface area contributed by atoms with Crippen molar-refractivity contribution in [1.82, 2.24) is 14.1 Å². The lowest BCUT2D eigenvalue weighted by Crippen LogP contribution is -2.59. The molecule has 1 aliphatic carbocycles. The maximum absolute atomic E-state index is 13.7. The molecule has 2 aromatic carbocycles. The van der Waals surface area contributed by atoms with E-state index < -0.39 is 0 Å². The number of benzene rings is 2. The lowest BCUT2D eigenvalue weighted by Gasteiger charge is -2.17. The van der Waals surface area contributed by atoms with E-state index in [4.69, 9.17) is 10.4 Å². The molecule has 0 radical (unpaired) electrons. The fourth-order valence-electron chi connectivity index (χ4n) is 5.20. The minimum absolute atomic E-state index is 0.101. The molecule has 8 nitrogen and oxygen atoms in total. The molecule has 2 aliphatic rings. The summed E-state index contributed by atoms with van der Waals surface area (Å²) >= 11 is 0. The number of fused-ring (bicyclic) bond motifs is 3. The lowest BCUT2D eigenvalue weighted by atomic mass is 10.1. The van der Waals surface area contributed by atoms with Crippen LogP contribution in [0.2, 0.25) is 0 Å². The van der Waals surface area contributed by atoms with Crippen LogP contribution in [0.4, 0.5) is 15.8 Å². The topological polar surface area (TPSA) is 100 Å². The van der Waals surface area contributed by atoms with E-state index in [1.165, 1.54) is 18.3 Å². The first-order valence-corrected chi connectivity index (χ1v) is 12.3. The Hall–Kier alpha value is -4.53. The normalized spacial score (nSPS) is 18.5. The zero-order valence-corrected chi connectivity index (χ0v) is 20.3. The third-order valence-corrected chi connectivity index (χ3v) is 7.03. The van der Waals surface area contributed by atoms with Crippen LogP contribution in [0, 0.1) is 11.2 Å². The Morgan fingerprint density at radius 3 is 2.49 bits per heavy atom. The molecular formula is C28H26FN7O. The van der Waals surface area contributed by atoms with Gasteiger partial charge < -0.3 is 10.6 Å². The first-order chi connectivity index (χ1) is 18.0. The fraction of sp³-hybridized carbons (Fsp3) is 0.214. The van der Waals surface area contributed by atoms with E-state index >= 15 is 0 Å². The molecule has 4 aromatic rings. The Balaban J connectivity index is 1.48. The van der Waals surface area contributed by atoms with E-state index in [-0.39, 0.29) is 34.2 Å². The molecule has 2 atom stereocenters. The van der Waals surface area contributed by atoms with Gasteiger partial charge in [0.15, 0.2) is 0 Å². The van der Waals surface area contributed by atoms with E-state index in [9.17, 15) is 9.18 Å². The molecule has 6 rings (SSSR count). The Kier molecular flexibility index (Phi) is 5.67. The van der Waals surface area contributed by atoms with Crippen molar-refractivity contribution in [2.75, 3.05) is 10.6 Å². The van der Waals surface area contributed by atoms with Crippen LogP contribution < -0.4 is 32.5 Å². The Morgan fingerprint density at radius 1 is 1.03 bits per heavy atom. The maximum Gasteiger partial charge on any atom is 0.267 e. The van der Waals surface area contributed by atoms with Gasteiger partial charge in [-0.25, -0.2) is 9.38 Å². The van der Waals surface area contributed by atoms with Crippen molar-refractivity contribution >= 4 is 17.2 Å². The van der Waals surface area contributed by atoms with Gasteiger partial charge in [-0.2, -0.15) is 0 Å². The second-order valence-electron chi connectivity index (χ2n) is 9.38. The monoisotopic (exact) mass is 495 g/mol. The molecule has 0 amide bonds. The highest BCUT2D eigenvalue weighted by Crippen LogP contribution is 2.32. The number of hydrogen-bond donors (Lipinski definition) is 3. The standard InChI is InChI=1S/C28H26FN7O/c1-35-27(37)24(25(30)36-23-9-5-8-21(23)34-28(35)36)26(32-19-6-3-2-4-7-19)33-20-12-10-17(11-13-20)22-16-18(29)14-15-31-22/h2-4,6-7,10-16,21,23,30,32-33H,5,8-9H2,1H3/b26-24+,30-25?/t21-,23+/m1/s1. The molecule has 1 aliphatic heterocycles. The van der Waals surface area contributed by atoms with E-state index in [2.05, 4.69) is 15.6 Å². The van der Waals surface area contributed by atoms with Crippen LogP contribution in [0.1, 0.15) is 25.3 Å². The lowest BCUT2D eigenvalue weighted by molar-refractivity contribution is 0.466. The molecule has 186 valence electrons. The van der Waals surface area contributed by atoms with Crippen LogP contribution >= 0.6 is 0 Å². The van der Waals surface area contributed by atoms with Gasteiger partial charge in [-0.3, -0.25) is 24.3 Å². The number of para-hydroxylation sites is 1. The zero-order chi connectivity index (χ0) is 25.5. The highest BCUT2D eigenvalue weighted by Gasteiger charge is 2.35. The zero-order valence-electron chi connectivity index (χ0n) is 20.3. The van der Waals surface area contributed by atoms with Gasteiger partial charge in [0.1, 0.15) is 22.3 Å². The highest BCUT2D eigenvalue weighted by molar-refractivity contribution is 5.75. The van der Waals surface area contributed by atoms with Crippen LogP contribution in [-0.4, -0.2) is 20.2 Å². The van der Waals surface area contributed by atoms with Gasteiger partial charge in [-0.1, -0.05) is 30.3 Å². The summed E-state index contributed by atoms with van der Waals surface area (Å²) in [6.45, 7) is 0. The molecule has 37 heavy (non-hydrogen) atoms. The summed E-state index contributed by atoms with van der Waals surface area (Å²) in [6, 6.07) is 19.8. The smallest absolute Gasteiger partial charge is 0.267 e. The van der Waals surface area contributed by atoms with Gasteiger partial charge in [-0.15, -0.1) is 0 Å². The number of nitrogens with one attached hydrogen (secondary N) is 3. The third-order valence-electron chi connectivity index (χ3n) is 7.03. The Bertz CT molecular complexity index is 1730. The van der Waals surface area contributed by atoms with E-state index in [0.717, 1.165) is 30.5 Å². The van der Waals surface area contributed by atoms with Gasteiger partial charge in [0.25, 0.3) is 5.56 Å². The molecule has 9 heteroatoms. The van der Waals surface area contributed by atoms with Gasteiger partial charge in [0.05, 0.1) is 17.8 Å². The van der Waals surface area contributed by atoms with Crippen molar-refractivity contribution in [3.05, 3.63) is 105 Å². The molecule has 1 saturated carbocycles. The van der Waals surface area contributed by atoms with Gasteiger partial charge in [0, 0.05) is 36.2 Å². The van der Waals surface area contributed by atoms with Gasteiger partial charge in [0.2, 0.25) is 5.62 Å². The third kappa shape index (κ3) is 4.12. The van der Waals surface area contributed by atoms with Crippen molar-refractivity contribution < 1.29 is 4.39 Å². The first kappa shape index (κ1) is 22.9. The Labute approximate surface area is 212 Å². The van der Waals surface area contributed by atoms with Crippen LogP contribution in [0.15, 0.2) is 82.7 Å². The van der Waals surface area contributed by atoms with Crippen molar-refractivity contribution in [2.45, 2.75) is 31.3 Å². The summed E-state index contributed by atoms with van der Waals surface area (Å²) in [4.78, 5) is 22.6. The summed E-state index contributed by atoms with van der Waals surface area (Å²) in [5.74, 6) is 0.0595. The molecule has 3 heterocycles. The summed E-state index contributed by atoms with van der Waals surface area (Å²) in [7, 11) is 1.71. The van der Waals surface area contributed by atoms with Crippen molar-refractivity contribution in [3.63, 3.8) is 0 Å². The number of pyridine rings is 1. The number of nitrogens with zero attached hydrogens (tertiary/aromatic N) is 4. The van der Waals surface area contributed by atoms with Crippen LogP contribution in [-0.2, 0) is 7.05 Å². The summed E-state index contributed by atoms with van der Waals surface area (Å²) in [5.41, 5.74) is 3.18. The second kappa shape index (κ2) is 9.16. The molecule has 0 saturated heterocycles. The molecule has 1 fully saturated rings. The molecule has 2 aromatic heterocycles. The van der Waals surface area contributed by atoms with Crippen LogP contribution in [0.5, 0.6) is 0 Å². The molecule has 0 bridgehead atoms. The maximum atomic E-state index is 13.7. The molecule has 0 spiro atoms. The predicted octanol–water partition coefficient (Wildman–Crippen LogP) is 2.88. The fourth-order valence-corrected chi connectivity index (χ4v) is 5.20. The van der Waals surface area contributed by atoms with E-state index in [1.54, 1.807) is 11.6 Å². The molecule has 3 N–H and O–H groups in total. The predicted molar refractivity (Wildman–Crippen MR) is 140 cm³/mol. The van der Waals surface area contributed by atoms with Crippen molar-refractivity contribution in [1.29, 1.82) is 5.41 Å². The number of halogens is 1. The average Bonchev–Trinajstić information content (AvgIpc) is 3.50. The van der Waals surface area contributed by atoms with E-state index in [1.807, 2.05) is 59.2 Å². The molecular weight excluding hydrogens is 469 g/mol. The number of aromatic nitrogens is 3. The largest absolute Gasteiger partial charge is 0.341 e. The summed E-state index contributed by atoms with van der Waals surface area (Å²) in [5, 5.41) is 16.0. The SMILES string of the molecule is Cn1c(=O)/c(=C(\Nc2ccccc2)Nc2ccc(-c3cc(F)ccn3)cc2)c(=N)n2c1=N[C@@H]1CCC[C@@H]12. The van der Waals surface area contributed by atoms with Crippen LogP contribution in [0.3, 0.4) is 0 Å². The van der Waals surface area contributed by atoms with E-state index in [0.29, 0.717) is 22.8 Å². The highest BCUT2D eigenvalue weighted by atomic mass is 19.1. The van der Waals surface area contributed by atoms with Crippen molar-refractivity contribution in [2.24, 2.45) is 12.0 Å². The first-order valence-electron chi connectivity index (χ1n) is 12.3. The number of hydrogen-bond acceptors (Lipinski definition) is 6. The van der Waals surface area contributed by atoms with Crippen LogP contribution in [0.25, 0.3) is 17.1 Å². The van der Waals surface area contributed by atoms with Gasteiger partial charge in [-0.05, 0) is 49.6 Å².